The molecule has 5 rings (SSSR count). The quantitative estimate of drug-likeness (QED) is 0.363. The molecule has 0 saturated carbocycles. The van der Waals surface area contributed by atoms with Crippen LogP contribution >= 0.6 is 0 Å². The first-order chi connectivity index (χ1) is 20.1. The van der Waals surface area contributed by atoms with Gasteiger partial charge in [-0.05, 0) is 74.5 Å². The number of sulfone groups is 1. The van der Waals surface area contributed by atoms with Gasteiger partial charge in [-0.1, -0.05) is 72.8 Å². The van der Waals surface area contributed by atoms with Crippen LogP contribution in [0.4, 0.5) is 0 Å². The molecule has 0 aliphatic carbocycles. The van der Waals surface area contributed by atoms with Crippen molar-refractivity contribution in [3.8, 4) is 0 Å². The Labute approximate surface area is 249 Å². The van der Waals surface area contributed by atoms with E-state index < -0.39 is 9.84 Å². The van der Waals surface area contributed by atoms with Gasteiger partial charge in [-0.25, -0.2) is 8.42 Å². The zero-order valence-electron chi connectivity index (χ0n) is 24.5. The minimum atomic E-state index is -3.24. The van der Waals surface area contributed by atoms with Gasteiger partial charge in [-0.15, -0.1) is 0 Å². The number of carbonyl (C=O) groups excluding carboxylic acids is 2. The molecule has 222 valence electrons. The highest BCUT2D eigenvalue weighted by Gasteiger charge is 2.47. The molecule has 0 unspecified atom stereocenters. The summed E-state index contributed by atoms with van der Waals surface area (Å²) >= 11 is 0. The van der Waals surface area contributed by atoms with Gasteiger partial charge in [0.2, 0.25) is 11.8 Å². The topological polar surface area (TPSA) is 86.8 Å². The number of hydrogen-bond acceptors (Lipinski definition) is 5. The van der Waals surface area contributed by atoms with Crippen LogP contribution in [0.3, 0.4) is 0 Å². The first-order valence-electron chi connectivity index (χ1n) is 14.9. The predicted molar refractivity (Wildman–Crippen MR) is 164 cm³/mol. The summed E-state index contributed by atoms with van der Waals surface area (Å²) < 4.78 is 23.5. The number of likely N-dealkylation sites (tertiary alicyclic amines) is 2. The van der Waals surface area contributed by atoms with Crippen LogP contribution in [-0.2, 0) is 26.0 Å². The second-order valence-electron chi connectivity index (χ2n) is 11.9. The maximum Gasteiger partial charge on any atom is 0.229 e. The van der Waals surface area contributed by atoms with Crippen LogP contribution in [0, 0.1) is 5.41 Å². The number of nitrogens with zero attached hydrogens (tertiary/aromatic N) is 2. The molecule has 2 fully saturated rings. The van der Waals surface area contributed by atoms with Gasteiger partial charge < -0.3 is 15.1 Å². The van der Waals surface area contributed by atoms with Gasteiger partial charge in [-0.2, -0.15) is 0 Å². The Bertz CT molecular complexity index is 1470. The first-order valence-corrected chi connectivity index (χ1v) is 16.7. The van der Waals surface area contributed by atoms with E-state index in [2.05, 4.69) is 22.3 Å². The fraction of sp³-hybridized carbons (Fsp3) is 0.412. The largest absolute Gasteiger partial charge is 0.349 e. The standard InChI is InChI=1S/C34H41N3O4S/c1-26(28-9-5-3-6-10-28)32(38)35-31(29-11-7-4-8-12-29)17-21-36-22-18-34(19-23-36)20-24-37(33(34)39)25-27-13-15-30(16-14-27)42(2,40)41/h3-16,26,31H,17-25H2,1-2H3,(H,35,38)/t26-,31+/m1/s1. The highest BCUT2D eigenvalue weighted by molar-refractivity contribution is 7.90. The van der Waals surface area contributed by atoms with E-state index in [1.54, 1.807) is 24.3 Å². The molecule has 2 heterocycles. The molecule has 42 heavy (non-hydrogen) atoms. The van der Waals surface area contributed by atoms with Crippen molar-refractivity contribution >= 4 is 21.7 Å². The lowest BCUT2D eigenvalue weighted by atomic mass is 9.77. The average Bonchev–Trinajstić information content (AvgIpc) is 3.30. The maximum absolute atomic E-state index is 13.5. The van der Waals surface area contributed by atoms with Gasteiger partial charge in [0, 0.05) is 25.9 Å². The van der Waals surface area contributed by atoms with Crippen molar-refractivity contribution in [2.45, 2.75) is 56.0 Å². The fourth-order valence-corrected chi connectivity index (χ4v) is 6.91. The predicted octanol–water partition coefficient (Wildman–Crippen LogP) is 4.96. The second kappa shape index (κ2) is 12.8. The van der Waals surface area contributed by atoms with E-state index in [9.17, 15) is 18.0 Å². The molecular weight excluding hydrogens is 546 g/mol. The summed E-state index contributed by atoms with van der Waals surface area (Å²) in [5.74, 6) is 0.00937. The van der Waals surface area contributed by atoms with Crippen molar-refractivity contribution in [3.05, 3.63) is 102 Å². The smallest absolute Gasteiger partial charge is 0.229 e. The molecule has 2 saturated heterocycles. The molecule has 1 N–H and O–H groups in total. The second-order valence-corrected chi connectivity index (χ2v) is 13.9. The Morgan fingerprint density at radius 2 is 1.43 bits per heavy atom. The number of piperidine rings is 1. The molecular formula is C34H41N3O4S. The van der Waals surface area contributed by atoms with E-state index >= 15 is 0 Å². The summed E-state index contributed by atoms with van der Waals surface area (Å²) in [6.45, 7) is 5.75. The molecule has 3 aromatic carbocycles. The van der Waals surface area contributed by atoms with Crippen LogP contribution in [0.2, 0.25) is 0 Å². The van der Waals surface area contributed by atoms with Crippen LogP contribution in [-0.4, -0.2) is 62.5 Å². The van der Waals surface area contributed by atoms with E-state index in [4.69, 9.17) is 0 Å². The Morgan fingerprint density at radius 3 is 2.02 bits per heavy atom. The zero-order valence-corrected chi connectivity index (χ0v) is 25.4. The van der Waals surface area contributed by atoms with E-state index in [0.29, 0.717) is 11.4 Å². The third kappa shape index (κ3) is 6.93. The van der Waals surface area contributed by atoms with Crippen molar-refractivity contribution in [3.63, 3.8) is 0 Å². The van der Waals surface area contributed by atoms with Crippen LogP contribution in [0.25, 0.3) is 0 Å². The number of carbonyl (C=O) groups is 2. The van der Waals surface area contributed by atoms with Crippen molar-refractivity contribution in [2.75, 3.05) is 32.4 Å². The maximum atomic E-state index is 13.5. The summed E-state index contributed by atoms with van der Waals surface area (Å²) in [5.41, 5.74) is 2.75. The molecule has 2 amide bonds. The Hall–Kier alpha value is -3.49. The summed E-state index contributed by atoms with van der Waals surface area (Å²) in [6, 6.07) is 26.8. The Kier molecular flexibility index (Phi) is 9.13. The lowest BCUT2D eigenvalue weighted by molar-refractivity contribution is -0.139. The summed E-state index contributed by atoms with van der Waals surface area (Å²) in [4.78, 5) is 31.4. The number of hydrogen-bond donors (Lipinski definition) is 1. The Morgan fingerprint density at radius 1 is 0.857 bits per heavy atom. The van der Waals surface area contributed by atoms with E-state index in [-0.39, 0.29) is 29.2 Å². The minimum Gasteiger partial charge on any atom is -0.349 e. The normalized spacial score (nSPS) is 18.6. The molecule has 0 radical (unpaired) electrons. The lowest BCUT2D eigenvalue weighted by Crippen LogP contribution is -2.45. The third-order valence-corrected chi connectivity index (χ3v) is 10.2. The molecule has 3 aromatic rings. The Balaban J connectivity index is 1.16. The van der Waals surface area contributed by atoms with Gasteiger partial charge in [0.25, 0.3) is 0 Å². The van der Waals surface area contributed by atoms with Gasteiger partial charge in [0.15, 0.2) is 9.84 Å². The highest BCUT2D eigenvalue weighted by Crippen LogP contribution is 2.42. The van der Waals surface area contributed by atoms with Gasteiger partial charge in [-0.3, -0.25) is 9.59 Å². The molecule has 0 aromatic heterocycles. The van der Waals surface area contributed by atoms with Gasteiger partial charge in [0.05, 0.1) is 22.3 Å². The van der Waals surface area contributed by atoms with Gasteiger partial charge in [0.1, 0.15) is 0 Å². The van der Waals surface area contributed by atoms with E-state index in [1.807, 2.05) is 60.4 Å². The minimum absolute atomic E-state index is 0.0234. The number of benzene rings is 3. The summed E-state index contributed by atoms with van der Waals surface area (Å²) in [6.07, 6.45) is 4.53. The van der Waals surface area contributed by atoms with Crippen molar-refractivity contribution < 1.29 is 18.0 Å². The van der Waals surface area contributed by atoms with Crippen LogP contribution in [0.1, 0.15) is 61.3 Å². The molecule has 7 nitrogen and oxygen atoms in total. The molecule has 2 atom stereocenters. The fourth-order valence-electron chi connectivity index (χ4n) is 6.28. The van der Waals surface area contributed by atoms with Crippen molar-refractivity contribution in [1.82, 2.24) is 15.1 Å². The van der Waals surface area contributed by atoms with E-state index in [1.165, 1.54) is 6.26 Å². The van der Waals surface area contributed by atoms with Crippen LogP contribution in [0.15, 0.2) is 89.8 Å². The first kappa shape index (κ1) is 30.0. The monoisotopic (exact) mass is 587 g/mol. The SMILES string of the molecule is C[C@@H](C(=O)N[C@@H](CCN1CCC2(CC1)CCN(Cc1ccc(S(C)(=O)=O)cc1)C2=O)c1ccccc1)c1ccccc1. The lowest BCUT2D eigenvalue weighted by Gasteiger charge is -2.38. The van der Waals surface area contributed by atoms with Gasteiger partial charge >= 0.3 is 0 Å². The summed E-state index contributed by atoms with van der Waals surface area (Å²) in [5, 5.41) is 3.31. The van der Waals surface area contributed by atoms with Crippen LogP contribution in [0.5, 0.6) is 0 Å². The highest BCUT2D eigenvalue weighted by atomic mass is 32.2. The number of rotatable bonds is 10. The zero-order chi connectivity index (χ0) is 29.7. The van der Waals surface area contributed by atoms with Crippen LogP contribution < -0.4 is 5.32 Å². The van der Waals surface area contributed by atoms with Crippen molar-refractivity contribution in [2.24, 2.45) is 5.41 Å². The molecule has 8 heteroatoms. The number of nitrogens with one attached hydrogen (secondary N) is 1. The number of amides is 2. The molecule has 0 bridgehead atoms. The molecule has 2 aliphatic heterocycles. The van der Waals surface area contributed by atoms with Crippen molar-refractivity contribution in [1.29, 1.82) is 0 Å². The third-order valence-electron chi connectivity index (χ3n) is 9.08. The summed E-state index contributed by atoms with van der Waals surface area (Å²) in [7, 11) is -3.24. The van der Waals surface area contributed by atoms with E-state index in [0.717, 1.165) is 68.6 Å². The average molecular weight is 588 g/mol. The molecule has 2 aliphatic rings. The molecule has 1 spiro atoms.